The zero-order valence-corrected chi connectivity index (χ0v) is 11.6. The highest BCUT2D eigenvalue weighted by molar-refractivity contribution is 5.68. The van der Waals surface area contributed by atoms with Gasteiger partial charge >= 0.3 is 12.3 Å². The van der Waals surface area contributed by atoms with Gasteiger partial charge in [0.25, 0.3) is 0 Å². The summed E-state index contributed by atoms with van der Waals surface area (Å²) < 4.78 is 5.11. The first-order valence-corrected chi connectivity index (χ1v) is 5.94. The van der Waals surface area contributed by atoms with Gasteiger partial charge in [-0.2, -0.15) is 0 Å². The lowest BCUT2D eigenvalue weighted by Crippen LogP contribution is -2.43. The third-order valence-corrected chi connectivity index (χ3v) is 2.39. The van der Waals surface area contributed by atoms with Gasteiger partial charge in [-0.3, -0.25) is 0 Å². The molecule has 0 unspecified atom stereocenters. The summed E-state index contributed by atoms with van der Waals surface area (Å²) >= 11 is 0. The van der Waals surface area contributed by atoms with Crippen LogP contribution in [0.3, 0.4) is 0 Å². The van der Waals surface area contributed by atoms with Gasteiger partial charge in [-0.1, -0.05) is 20.3 Å². The van der Waals surface area contributed by atoms with Crippen LogP contribution in [0.2, 0.25) is 0 Å². The molecular formula is C12H22N3O3+. The Morgan fingerprint density at radius 1 is 1.56 bits per heavy atom. The highest BCUT2D eigenvalue weighted by Crippen LogP contribution is 2.15. The Hall–Kier alpha value is -1.77. The number of nitrogens with one attached hydrogen (secondary N) is 1. The number of nitrogens with zero attached hydrogens (tertiary/aromatic N) is 2. The average molecular weight is 256 g/mol. The lowest BCUT2D eigenvalue weighted by Gasteiger charge is -2.25. The molecule has 0 fully saturated rings. The SMILES string of the molecule is CC[C@H](C)[C@H](NC(=O)OC(C)(C)C)/C(O)=C/[N+]#N. The van der Waals surface area contributed by atoms with Gasteiger partial charge in [-0.05, 0) is 26.7 Å². The van der Waals surface area contributed by atoms with E-state index >= 15 is 0 Å². The van der Waals surface area contributed by atoms with Crippen LogP contribution in [-0.4, -0.2) is 22.8 Å². The molecule has 0 radical (unpaired) electrons. The number of alkyl carbamates (subject to hydrolysis) is 1. The molecule has 0 rings (SSSR count). The van der Waals surface area contributed by atoms with Gasteiger partial charge in [0.15, 0.2) is 4.98 Å². The van der Waals surface area contributed by atoms with Gasteiger partial charge in [-0.25, -0.2) is 4.79 Å². The van der Waals surface area contributed by atoms with Gasteiger partial charge < -0.3 is 15.2 Å². The van der Waals surface area contributed by atoms with Crippen LogP contribution in [0, 0.1) is 11.3 Å². The van der Waals surface area contributed by atoms with Crippen LogP contribution in [0.5, 0.6) is 0 Å². The van der Waals surface area contributed by atoms with E-state index in [4.69, 9.17) is 10.1 Å². The Labute approximate surface area is 108 Å². The molecule has 0 aliphatic heterocycles. The molecule has 0 aliphatic carbocycles. The van der Waals surface area contributed by atoms with Crippen molar-refractivity contribution in [1.82, 2.24) is 5.32 Å². The van der Waals surface area contributed by atoms with Gasteiger partial charge in [0.2, 0.25) is 11.2 Å². The normalized spacial score (nSPS) is 15.4. The number of aliphatic hydroxyl groups is 1. The van der Waals surface area contributed by atoms with Crippen molar-refractivity contribution in [3.63, 3.8) is 0 Å². The fraction of sp³-hybridized carbons (Fsp3) is 0.750. The van der Waals surface area contributed by atoms with Crippen molar-refractivity contribution in [3.05, 3.63) is 16.9 Å². The standard InChI is InChI=1S/C12H21N3O3/c1-6-8(2)10(9(16)7-14-13)15-11(17)18-12(3,4)5/h7-8,10H,6H2,1-5H3,(H-,15,16,17)/p+1/b9-7-/t8-,10-/m0/s1. The zero-order chi connectivity index (χ0) is 14.3. The molecule has 0 aromatic carbocycles. The minimum absolute atomic E-state index is 0.0180. The molecule has 6 heteroatoms. The lowest BCUT2D eigenvalue weighted by molar-refractivity contribution is 0.0484. The number of carbonyl (C=O) groups is 1. The van der Waals surface area contributed by atoms with Gasteiger partial charge in [0, 0.05) is 0 Å². The Balaban J connectivity index is 4.77. The monoisotopic (exact) mass is 256 g/mol. The highest BCUT2D eigenvalue weighted by atomic mass is 16.6. The van der Waals surface area contributed by atoms with E-state index in [1.54, 1.807) is 20.8 Å². The van der Waals surface area contributed by atoms with E-state index < -0.39 is 17.7 Å². The maximum absolute atomic E-state index is 11.6. The molecule has 0 bridgehead atoms. The molecule has 18 heavy (non-hydrogen) atoms. The molecule has 0 aliphatic rings. The summed E-state index contributed by atoms with van der Waals surface area (Å²) in [5, 5.41) is 20.7. The number of rotatable bonds is 4. The second-order valence-electron chi connectivity index (χ2n) is 5.18. The smallest absolute Gasteiger partial charge is 0.408 e. The van der Waals surface area contributed by atoms with E-state index in [9.17, 15) is 9.90 Å². The van der Waals surface area contributed by atoms with Crippen LogP contribution in [0.25, 0.3) is 4.98 Å². The first-order valence-electron chi connectivity index (χ1n) is 5.94. The molecule has 102 valence electrons. The molecule has 0 aromatic heterocycles. The van der Waals surface area contributed by atoms with Crippen LogP contribution in [0.1, 0.15) is 41.0 Å². The molecule has 0 saturated carbocycles. The summed E-state index contributed by atoms with van der Waals surface area (Å²) in [5.74, 6) is -0.228. The van der Waals surface area contributed by atoms with Crippen molar-refractivity contribution >= 4 is 6.09 Å². The van der Waals surface area contributed by atoms with Crippen LogP contribution in [-0.2, 0) is 4.74 Å². The largest absolute Gasteiger partial charge is 0.504 e. The van der Waals surface area contributed by atoms with Crippen LogP contribution >= 0.6 is 0 Å². The summed E-state index contributed by atoms with van der Waals surface area (Å²) in [5.41, 5.74) is -0.606. The van der Waals surface area contributed by atoms with E-state index in [1.807, 2.05) is 13.8 Å². The predicted molar refractivity (Wildman–Crippen MR) is 68.4 cm³/mol. The Kier molecular flexibility index (Phi) is 6.17. The first-order chi connectivity index (χ1) is 8.21. The maximum Gasteiger partial charge on any atom is 0.408 e. The van der Waals surface area contributed by atoms with Crippen molar-refractivity contribution in [2.75, 3.05) is 0 Å². The van der Waals surface area contributed by atoms with Gasteiger partial charge in [0.05, 0.1) is 6.04 Å². The minimum atomic E-state index is -0.638. The topological polar surface area (TPSA) is 86.7 Å². The molecule has 0 spiro atoms. The highest BCUT2D eigenvalue weighted by Gasteiger charge is 2.27. The number of amides is 1. The quantitative estimate of drug-likeness (QED) is 0.597. The Morgan fingerprint density at radius 3 is 2.50 bits per heavy atom. The summed E-state index contributed by atoms with van der Waals surface area (Å²) in [4.78, 5) is 14.4. The molecule has 6 nitrogen and oxygen atoms in total. The second-order valence-corrected chi connectivity index (χ2v) is 5.18. The second kappa shape index (κ2) is 6.84. The summed E-state index contributed by atoms with van der Waals surface area (Å²) in [7, 11) is 0. The summed E-state index contributed by atoms with van der Waals surface area (Å²) in [6, 6.07) is -0.638. The van der Waals surface area contributed by atoms with Crippen molar-refractivity contribution in [2.45, 2.75) is 52.7 Å². The van der Waals surface area contributed by atoms with Crippen LogP contribution in [0.15, 0.2) is 12.0 Å². The van der Waals surface area contributed by atoms with Gasteiger partial charge in [0.1, 0.15) is 5.60 Å². The predicted octanol–water partition coefficient (Wildman–Crippen LogP) is 3.18. The number of hydrogen-bond donors (Lipinski definition) is 2. The number of diazo groups is 1. The van der Waals surface area contributed by atoms with Crippen molar-refractivity contribution in [1.29, 1.82) is 5.39 Å². The minimum Gasteiger partial charge on any atom is -0.504 e. The van der Waals surface area contributed by atoms with Crippen LogP contribution < -0.4 is 5.32 Å². The molecular weight excluding hydrogens is 234 g/mol. The van der Waals surface area contributed by atoms with E-state index in [1.165, 1.54) is 0 Å². The Morgan fingerprint density at radius 2 is 2.11 bits per heavy atom. The first kappa shape index (κ1) is 16.2. The van der Waals surface area contributed by atoms with Gasteiger partial charge in [-0.15, -0.1) is 0 Å². The number of carbonyl (C=O) groups excluding carboxylic acids is 1. The summed E-state index contributed by atoms with van der Waals surface area (Å²) in [6.07, 6.45) is 1.02. The van der Waals surface area contributed by atoms with E-state index in [0.717, 1.165) is 12.6 Å². The number of aliphatic hydroxyl groups excluding tert-OH is 1. The van der Waals surface area contributed by atoms with E-state index in [0.29, 0.717) is 0 Å². The third kappa shape index (κ3) is 6.09. The Bertz CT molecular complexity index is 353. The maximum atomic E-state index is 11.6. The van der Waals surface area contributed by atoms with Crippen molar-refractivity contribution in [3.8, 4) is 0 Å². The molecule has 0 aromatic rings. The number of ether oxygens (including phenoxy) is 1. The zero-order valence-electron chi connectivity index (χ0n) is 11.6. The van der Waals surface area contributed by atoms with E-state index in [2.05, 4.69) is 10.3 Å². The van der Waals surface area contributed by atoms with E-state index in [-0.39, 0.29) is 11.7 Å². The third-order valence-electron chi connectivity index (χ3n) is 2.39. The number of hydrogen-bond acceptors (Lipinski definition) is 4. The lowest BCUT2D eigenvalue weighted by atomic mass is 9.98. The molecule has 0 saturated heterocycles. The molecule has 0 heterocycles. The molecule has 2 atom stereocenters. The fourth-order valence-corrected chi connectivity index (χ4v) is 1.32. The molecule has 2 N–H and O–H groups in total. The van der Waals surface area contributed by atoms with Crippen LogP contribution in [0.4, 0.5) is 4.79 Å². The van der Waals surface area contributed by atoms with Crippen molar-refractivity contribution < 1.29 is 14.6 Å². The van der Waals surface area contributed by atoms with Crippen molar-refractivity contribution in [2.24, 2.45) is 5.92 Å². The molecule has 1 amide bonds. The summed E-state index contributed by atoms with van der Waals surface area (Å²) in [6.45, 7) is 9.05. The average Bonchev–Trinajstić information content (AvgIpc) is 2.22. The fourth-order valence-electron chi connectivity index (χ4n) is 1.32.